The van der Waals surface area contributed by atoms with Crippen molar-refractivity contribution >= 4 is 63.7 Å². The molecule has 0 saturated carbocycles. The number of benzene rings is 1. The first-order valence-corrected chi connectivity index (χ1v) is 8.25. The third kappa shape index (κ3) is 3.52. The van der Waals surface area contributed by atoms with E-state index in [9.17, 15) is 5.11 Å². The van der Waals surface area contributed by atoms with E-state index in [2.05, 4.69) is 63.7 Å². The van der Waals surface area contributed by atoms with Gasteiger partial charge >= 0.3 is 0 Å². The minimum Gasteiger partial charge on any atom is -0.505 e. The van der Waals surface area contributed by atoms with E-state index in [4.69, 9.17) is 4.74 Å². The van der Waals surface area contributed by atoms with Crippen LogP contribution in [-0.2, 0) is 0 Å². The number of allylic oxidation sites excluding steroid dienone is 1. The van der Waals surface area contributed by atoms with Crippen molar-refractivity contribution in [1.82, 2.24) is 0 Å². The molecule has 0 amide bonds. The summed E-state index contributed by atoms with van der Waals surface area (Å²) >= 11 is 13.4. The Labute approximate surface area is 140 Å². The number of aromatic hydroxyl groups is 1. The zero-order valence-electron chi connectivity index (χ0n) is 10.1. The van der Waals surface area contributed by atoms with Crippen LogP contribution < -0.4 is 4.74 Å². The molecule has 0 aromatic heterocycles. The van der Waals surface area contributed by atoms with Crippen molar-refractivity contribution in [2.24, 2.45) is 0 Å². The molecule has 0 radical (unpaired) electrons. The Balaban J connectivity index is 3.15. The number of hydrogen-bond donors (Lipinski definition) is 1. The Morgan fingerprint density at radius 2 is 1.39 bits per heavy atom. The van der Waals surface area contributed by atoms with Gasteiger partial charge in [0.25, 0.3) is 0 Å². The van der Waals surface area contributed by atoms with Gasteiger partial charge in [-0.1, -0.05) is 5.57 Å². The molecule has 0 atom stereocenters. The molecule has 0 spiro atoms. The first-order valence-electron chi connectivity index (χ1n) is 5.08. The van der Waals surface area contributed by atoms with E-state index in [1.807, 2.05) is 20.8 Å². The SMILES string of the molecule is CC(C)=C(C)COc1c(Br)c(Br)c(O)c(Br)c1Br. The number of phenolic OH excluding ortho intramolecular Hbond substituents is 1. The fraction of sp³-hybridized carbons (Fsp3) is 0.333. The van der Waals surface area contributed by atoms with Gasteiger partial charge in [-0.15, -0.1) is 0 Å². The number of phenols is 1. The first kappa shape index (κ1) is 16.5. The van der Waals surface area contributed by atoms with E-state index < -0.39 is 0 Å². The molecule has 0 aliphatic rings. The largest absolute Gasteiger partial charge is 0.505 e. The molecular formula is C12H12Br4O2. The summed E-state index contributed by atoms with van der Waals surface area (Å²) in [4.78, 5) is 0. The van der Waals surface area contributed by atoms with Gasteiger partial charge in [-0.25, -0.2) is 0 Å². The lowest BCUT2D eigenvalue weighted by Crippen LogP contribution is -2.02. The van der Waals surface area contributed by atoms with Gasteiger partial charge in [0, 0.05) is 0 Å². The summed E-state index contributed by atoms with van der Waals surface area (Å²) in [6.07, 6.45) is 0. The molecule has 0 aliphatic carbocycles. The average Bonchev–Trinajstić information content (AvgIpc) is 2.33. The second kappa shape index (κ2) is 6.77. The second-order valence-corrected chi connectivity index (χ2v) is 7.17. The summed E-state index contributed by atoms with van der Waals surface area (Å²) in [5, 5.41) is 9.84. The monoisotopic (exact) mass is 504 g/mol. The molecule has 0 saturated heterocycles. The average molecular weight is 508 g/mol. The lowest BCUT2D eigenvalue weighted by Gasteiger charge is -2.15. The fourth-order valence-electron chi connectivity index (χ4n) is 1.05. The van der Waals surface area contributed by atoms with Crippen LogP contribution in [0.15, 0.2) is 29.0 Å². The van der Waals surface area contributed by atoms with Gasteiger partial charge in [-0.05, 0) is 90.1 Å². The van der Waals surface area contributed by atoms with Crippen molar-refractivity contribution < 1.29 is 9.84 Å². The highest BCUT2D eigenvalue weighted by atomic mass is 79.9. The standard InChI is InChI=1S/C12H12Br4O2/c1-5(2)6(3)4-18-12-9(15)7(13)11(17)8(14)10(12)16/h17H,4H2,1-3H3. The molecule has 1 aromatic rings. The molecule has 0 bridgehead atoms. The Morgan fingerprint density at radius 1 is 0.944 bits per heavy atom. The summed E-state index contributed by atoms with van der Waals surface area (Å²) in [5.74, 6) is 0.771. The number of rotatable bonds is 3. The fourth-order valence-corrected chi connectivity index (χ4v) is 3.34. The molecule has 1 rings (SSSR count). The maximum absolute atomic E-state index is 9.84. The van der Waals surface area contributed by atoms with E-state index in [1.54, 1.807) is 0 Å². The molecule has 100 valence electrons. The summed E-state index contributed by atoms with van der Waals surface area (Å²) in [6, 6.07) is 0. The predicted molar refractivity (Wildman–Crippen MR) is 88.4 cm³/mol. The quantitative estimate of drug-likeness (QED) is 0.391. The van der Waals surface area contributed by atoms with E-state index in [-0.39, 0.29) is 5.75 Å². The van der Waals surface area contributed by atoms with Crippen LogP contribution in [-0.4, -0.2) is 11.7 Å². The highest BCUT2D eigenvalue weighted by Gasteiger charge is 2.19. The van der Waals surface area contributed by atoms with Gasteiger partial charge in [0.1, 0.15) is 12.4 Å². The minimum absolute atomic E-state index is 0.125. The Morgan fingerprint density at radius 3 is 1.78 bits per heavy atom. The van der Waals surface area contributed by atoms with Crippen molar-refractivity contribution in [3.8, 4) is 11.5 Å². The molecular weight excluding hydrogens is 496 g/mol. The maximum atomic E-state index is 9.84. The van der Waals surface area contributed by atoms with Gasteiger partial charge in [0.15, 0.2) is 5.75 Å². The van der Waals surface area contributed by atoms with Crippen LogP contribution in [0.25, 0.3) is 0 Å². The second-order valence-electron chi connectivity index (χ2n) is 4.00. The van der Waals surface area contributed by atoms with Crippen molar-refractivity contribution in [1.29, 1.82) is 0 Å². The van der Waals surface area contributed by atoms with Crippen LogP contribution >= 0.6 is 63.7 Å². The summed E-state index contributed by atoms with van der Waals surface area (Å²) in [5.41, 5.74) is 2.41. The lowest BCUT2D eigenvalue weighted by atomic mass is 10.2. The topological polar surface area (TPSA) is 29.5 Å². The van der Waals surface area contributed by atoms with Crippen LogP contribution in [0, 0.1) is 0 Å². The van der Waals surface area contributed by atoms with Gasteiger partial charge in [-0.3, -0.25) is 0 Å². The molecule has 0 heterocycles. The normalized spacial score (nSPS) is 10.4. The van der Waals surface area contributed by atoms with Crippen molar-refractivity contribution in [2.45, 2.75) is 20.8 Å². The van der Waals surface area contributed by atoms with Gasteiger partial charge in [0.2, 0.25) is 0 Å². The van der Waals surface area contributed by atoms with Crippen LogP contribution in [0.1, 0.15) is 20.8 Å². The highest BCUT2D eigenvalue weighted by molar-refractivity contribution is 9.14. The molecule has 0 unspecified atom stereocenters. The highest BCUT2D eigenvalue weighted by Crippen LogP contribution is 2.49. The number of halogens is 4. The molecule has 18 heavy (non-hydrogen) atoms. The van der Waals surface area contributed by atoms with Gasteiger partial charge in [-0.2, -0.15) is 0 Å². The summed E-state index contributed by atoms with van der Waals surface area (Å²) in [7, 11) is 0. The van der Waals surface area contributed by atoms with Crippen molar-refractivity contribution in [3.05, 3.63) is 29.0 Å². The zero-order valence-corrected chi connectivity index (χ0v) is 16.4. The molecule has 6 heteroatoms. The van der Waals surface area contributed by atoms with Crippen LogP contribution in [0.4, 0.5) is 0 Å². The maximum Gasteiger partial charge on any atom is 0.150 e. The Hall–Kier alpha value is 0.480. The molecule has 1 N–H and O–H groups in total. The summed E-state index contributed by atoms with van der Waals surface area (Å²) < 4.78 is 8.26. The van der Waals surface area contributed by atoms with Crippen LogP contribution in [0.3, 0.4) is 0 Å². The van der Waals surface area contributed by atoms with E-state index in [1.165, 1.54) is 11.1 Å². The smallest absolute Gasteiger partial charge is 0.150 e. The summed E-state index contributed by atoms with van der Waals surface area (Å²) in [6.45, 7) is 6.63. The third-order valence-corrected chi connectivity index (χ3v) is 6.61. The van der Waals surface area contributed by atoms with Crippen molar-refractivity contribution in [2.75, 3.05) is 6.61 Å². The van der Waals surface area contributed by atoms with Gasteiger partial charge < -0.3 is 9.84 Å². The zero-order chi connectivity index (χ0) is 14.0. The van der Waals surface area contributed by atoms with E-state index in [0.717, 1.165) is 0 Å². The van der Waals surface area contributed by atoms with E-state index >= 15 is 0 Å². The molecule has 1 aromatic carbocycles. The molecule has 0 fully saturated rings. The lowest BCUT2D eigenvalue weighted by molar-refractivity contribution is 0.344. The minimum atomic E-state index is 0.125. The third-order valence-electron chi connectivity index (χ3n) is 2.49. The van der Waals surface area contributed by atoms with Crippen LogP contribution in [0.2, 0.25) is 0 Å². The van der Waals surface area contributed by atoms with Crippen molar-refractivity contribution in [3.63, 3.8) is 0 Å². The Bertz CT molecular complexity index is 476. The van der Waals surface area contributed by atoms with Gasteiger partial charge in [0.05, 0.1) is 17.9 Å². The predicted octanol–water partition coefficient (Wildman–Crippen LogP) is 6.18. The molecule has 2 nitrogen and oxygen atoms in total. The Kier molecular flexibility index (Phi) is 6.22. The first-order chi connectivity index (χ1) is 8.27. The molecule has 0 aliphatic heterocycles. The van der Waals surface area contributed by atoms with E-state index in [0.29, 0.717) is 30.2 Å². The van der Waals surface area contributed by atoms with Crippen LogP contribution in [0.5, 0.6) is 11.5 Å². The number of hydrogen-bond acceptors (Lipinski definition) is 2. The number of ether oxygens (including phenoxy) is 1.